The molecular formula is C23H21F2N3O3. The minimum absolute atomic E-state index is 0.0830. The molecule has 0 bridgehead atoms. The van der Waals surface area contributed by atoms with Crippen LogP contribution in [0, 0.1) is 11.6 Å². The summed E-state index contributed by atoms with van der Waals surface area (Å²) in [5, 5.41) is 6.76. The number of benzene rings is 2. The maximum atomic E-state index is 13.1. The highest BCUT2D eigenvalue weighted by atomic mass is 19.1. The first kappa shape index (κ1) is 20.7. The molecule has 1 aliphatic rings. The van der Waals surface area contributed by atoms with Gasteiger partial charge in [0.1, 0.15) is 11.6 Å². The van der Waals surface area contributed by atoms with Crippen LogP contribution < -0.4 is 5.32 Å². The van der Waals surface area contributed by atoms with E-state index >= 15 is 0 Å². The number of amides is 2. The SMILES string of the molecule is O=C(NCc1ccc(F)cc1)c1cc(C2CCN(C(=O)c3ccc(F)cc3)CC2)no1. The summed E-state index contributed by atoms with van der Waals surface area (Å²) in [4.78, 5) is 26.6. The highest BCUT2D eigenvalue weighted by Gasteiger charge is 2.27. The molecule has 0 atom stereocenters. The number of nitrogens with one attached hydrogen (secondary N) is 1. The van der Waals surface area contributed by atoms with Gasteiger partial charge in [0.25, 0.3) is 11.8 Å². The zero-order chi connectivity index (χ0) is 21.8. The minimum Gasteiger partial charge on any atom is -0.351 e. The Labute approximate surface area is 177 Å². The normalized spacial score (nSPS) is 14.5. The van der Waals surface area contributed by atoms with E-state index in [4.69, 9.17) is 4.52 Å². The average Bonchev–Trinajstić information content (AvgIpc) is 3.29. The fourth-order valence-electron chi connectivity index (χ4n) is 3.61. The summed E-state index contributed by atoms with van der Waals surface area (Å²) >= 11 is 0. The first-order chi connectivity index (χ1) is 15.0. The number of nitrogens with zero attached hydrogens (tertiary/aromatic N) is 2. The fraction of sp³-hybridized carbons (Fsp3) is 0.261. The van der Waals surface area contributed by atoms with E-state index in [0.29, 0.717) is 37.2 Å². The van der Waals surface area contributed by atoms with Crippen molar-refractivity contribution in [3.05, 3.63) is 88.8 Å². The Morgan fingerprint density at radius 2 is 1.61 bits per heavy atom. The van der Waals surface area contributed by atoms with Crippen molar-refractivity contribution in [2.45, 2.75) is 25.3 Å². The Bertz CT molecular complexity index is 1060. The highest BCUT2D eigenvalue weighted by molar-refractivity contribution is 5.94. The van der Waals surface area contributed by atoms with Crippen molar-refractivity contribution in [1.29, 1.82) is 0 Å². The molecule has 2 heterocycles. The van der Waals surface area contributed by atoms with Crippen molar-refractivity contribution in [1.82, 2.24) is 15.4 Å². The standard InChI is InChI=1S/C23H21F2N3O3/c24-18-5-1-15(2-6-18)14-26-22(29)21-13-20(27-31-21)16-9-11-28(12-10-16)23(30)17-3-7-19(25)8-4-17/h1-8,13,16H,9-12,14H2,(H,26,29). The molecule has 0 saturated carbocycles. The predicted octanol–water partition coefficient (Wildman–Crippen LogP) is 3.90. The van der Waals surface area contributed by atoms with Crippen LogP contribution in [0.5, 0.6) is 0 Å². The first-order valence-electron chi connectivity index (χ1n) is 10.0. The summed E-state index contributed by atoms with van der Waals surface area (Å²) in [7, 11) is 0. The van der Waals surface area contributed by atoms with Gasteiger partial charge >= 0.3 is 0 Å². The second-order valence-corrected chi connectivity index (χ2v) is 7.50. The van der Waals surface area contributed by atoms with Crippen LogP contribution in [0.4, 0.5) is 8.78 Å². The molecule has 1 aliphatic heterocycles. The van der Waals surface area contributed by atoms with Gasteiger partial charge in [0.05, 0.1) is 5.69 Å². The molecule has 160 valence electrons. The summed E-state index contributed by atoms with van der Waals surface area (Å²) in [6.45, 7) is 1.33. The van der Waals surface area contributed by atoms with E-state index in [1.807, 2.05) is 0 Å². The molecule has 1 aromatic heterocycles. The molecule has 1 N–H and O–H groups in total. The molecule has 0 radical (unpaired) electrons. The van der Waals surface area contributed by atoms with Crippen LogP contribution >= 0.6 is 0 Å². The summed E-state index contributed by atoms with van der Waals surface area (Å²) in [5.41, 5.74) is 1.91. The van der Waals surface area contributed by atoms with E-state index in [-0.39, 0.29) is 35.8 Å². The van der Waals surface area contributed by atoms with E-state index in [2.05, 4.69) is 10.5 Å². The lowest BCUT2D eigenvalue weighted by atomic mass is 9.93. The zero-order valence-electron chi connectivity index (χ0n) is 16.7. The van der Waals surface area contributed by atoms with Gasteiger partial charge in [-0.3, -0.25) is 9.59 Å². The molecular weight excluding hydrogens is 404 g/mol. The van der Waals surface area contributed by atoms with E-state index in [1.54, 1.807) is 23.1 Å². The molecule has 0 spiro atoms. The smallest absolute Gasteiger partial charge is 0.290 e. The fourth-order valence-corrected chi connectivity index (χ4v) is 3.61. The first-order valence-corrected chi connectivity index (χ1v) is 10.0. The molecule has 0 unspecified atom stereocenters. The number of rotatable bonds is 5. The quantitative estimate of drug-likeness (QED) is 0.673. The van der Waals surface area contributed by atoms with Crippen molar-refractivity contribution in [3.63, 3.8) is 0 Å². The maximum absolute atomic E-state index is 13.1. The molecule has 1 saturated heterocycles. The van der Waals surface area contributed by atoms with E-state index in [0.717, 1.165) is 5.56 Å². The lowest BCUT2D eigenvalue weighted by Crippen LogP contribution is -2.38. The van der Waals surface area contributed by atoms with Crippen molar-refractivity contribution in [2.24, 2.45) is 0 Å². The summed E-state index contributed by atoms with van der Waals surface area (Å²) < 4.78 is 31.2. The number of aromatic nitrogens is 1. The minimum atomic E-state index is -0.396. The Balaban J connectivity index is 1.30. The number of halogens is 2. The van der Waals surface area contributed by atoms with Gasteiger partial charge in [-0.25, -0.2) is 8.78 Å². The van der Waals surface area contributed by atoms with Gasteiger partial charge in [0, 0.05) is 37.2 Å². The van der Waals surface area contributed by atoms with E-state index < -0.39 is 5.91 Å². The second-order valence-electron chi connectivity index (χ2n) is 7.50. The average molecular weight is 425 g/mol. The number of hydrogen-bond donors (Lipinski definition) is 1. The van der Waals surface area contributed by atoms with Gasteiger partial charge in [-0.05, 0) is 54.8 Å². The van der Waals surface area contributed by atoms with Crippen molar-refractivity contribution in [3.8, 4) is 0 Å². The van der Waals surface area contributed by atoms with Crippen LogP contribution in [-0.2, 0) is 6.54 Å². The number of hydrogen-bond acceptors (Lipinski definition) is 4. The van der Waals surface area contributed by atoms with Crippen LogP contribution in [-0.4, -0.2) is 35.0 Å². The Hall–Kier alpha value is -3.55. The number of likely N-dealkylation sites (tertiary alicyclic amines) is 1. The van der Waals surface area contributed by atoms with Gasteiger partial charge in [-0.15, -0.1) is 0 Å². The molecule has 2 amide bonds. The highest BCUT2D eigenvalue weighted by Crippen LogP contribution is 2.28. The van der Waals surface area contributed by atoms with Crippen molar-refractivity contribution < 1.29 is 22.9 Å². The van der Waals surface area contributed by atoms with Gasteiger partial charge in [-0.2, -0.15) is 0 Å². The maximum Gasteiger partial charge on any atom is 0.290 e. The molecule has 6 nitrogen and oxygen atoms in total. The summed E-state index contributed by atoms with van der Waals surface area (Å²) in [5.74, 6) is -1.03. The van der Waals surface area contributed by atoms with E-state index in [1.165, 1.54) is 36.4 Å². The number of carbonyl (C=O) groups excluding carboxylic acids is 2. The summed E-state index contributed by atoms with van der Waals surface area (Å²) in [6, 6.07) is 13.0. The molecule has 8 heteroatoms. The topological polar surface area (TPSA) is 75.4 Å². The molecule has 31 heavy (non-hydrogen) atoms. The Kier molecular flexibility index (Phi) is 6.06. The van der Waals surface area contributed by atoms with Gasteiger partial charge in [0.15, 0.2) is 0 Å². The largest absolute Gasteiger partial charge is 0.351 e. The third kappa shape index (κ3) is 4.96. The van der Waals surface area contributed by atoms with Crippen LogP contribution in [0.1, 0.15) is 50.9 Å². The van der Waals surface area contributed by atoms with Crippen LogP contribution in [0.3, 0.4) is 0 Å². The molecule has 2 aromatic carbocycles. The zero-order valence-corrected chi connectivity index (χ0v) is 16.7. The van der Waals surface area contributed by atoms with Gasteiger partial charge < -0.3 is 14.7 Å². The monoisotopic (exact) mass is 425 g/mol. The Morgan fingerprint density at radius 1 is 1.00 bits per heavy atom. The summed E-state index contributed by atoms with van der Waals surface area (Å²) in [6.07, 6.45) is 1.38. The van der Waals surface area contributed by atoms with Crippen LogP contribution in [0.2, 0.25) is 0 Å². The second kappa shape index (κ2) is 9.07. The van der Waals surface area contributed by atoms with Crippen molar-refractivity contribution in [2.75, 3.05) is 13.1 Å². The van der Waals surface area contributed by atoms with Gasteiger partial charge in [-0.1, -0.05) is 17.3 Å². The third-order valence-corrected chi connectivity index (χ3v) is 5.41. The lowest BCUT2D eigenvalue weighted by Gasteiger charge is -2.31. The van der Waals surface area contributed by atoms with Gasteiger partial charge in [0.2, 0.25) is 5.76 Å². The van der Waals surface area contributed by atoms with E-state index in [9.17, 15) is 18.4 Å². The van der Waals surface area contributed by atoms with Crippen molar-refractivity contribution >= 4 is 11.8 Å². The number of piperidine rings is 1. The lowest BCUT2D eigenvalue weighted by molar-refractivity contribution is 0.0711. The third-order valence-electron chi connectivity index (χ3n) is 5.41. The molecule has 3 aromatic rings. The molecule has 1 fully saturated rings. The van der Waals surface area contributed by atoms with Crippen LogP contribution in [0.25, 0.3) is 0 Å². The molecule has 4 rings (SSSR count). The number of carbonyl (C=O) groups is 2. The molecule has 0 aliphatic carbocycles. The van der Waals surface area contributed by atoms with Crippen LogP contribution in [0.15, 0.2) is 59.1 Å². The predicted molar refractivity (Wildman–Crippen MR) is 108 cm³/mol. The Morgan fingerprint density at radius 3 is 2.26 bits per heavy atom.